The van der Waals surface area contributed by atoms with Crippen LogP contribution in [0.1, 0.15) is 44.2 Å². The molecule has 0 unspecified atom stereocenters. The summed E-state index contributed by atoms with van der Waals surface area (Å²) in [6.07, 6.45) is 8.10. The van der Waals surface area contributed by atoms with Gasteiger partial charge in [-0.3, -0.25) is 4.68 Å². The molecule has 1 saturated carbocycles. The van der Waals surface area contributed by atoms with Gasteiger partial charge in [-0.15, -0.1) is 0 Å². The summed E-state index contributed by atoms with van der Waals surface area (Å²) in [5.74, 6) is 0. The highest BCUT2D eigenvalue weighted by molar-refractivity contribution is 7.89. The number of nitrogens with zero attached hydrogens (tertiary/aromatic N) is 2. The highest BCUT2D eigenvalue weighted by Crippen LogP contribution is 2.20. The Labute approximate surface area is 109 Å². The van der Waals surface area contributed by atoms with Crippen molar-refractivity contribution in [3.63, 3.8) is 0 Å². The Morgan fingerprint density at radius 1 is 1.28 bits per heavy atom. The monoisotopic (exact) mass is 271 g/mol. The molecule has 102 valence electrons. The van der Waals surface area contributed by atoms with Crippen molar-refractivity contribution in [1.29, 1.82) is 0 Å². The lowest BCUT2D eigenvalue weighted by atomic mass is 10.1. The van der Waals surface area contributed by atoms with Gasteiger partial charge < -0.3 is 0 Å². The second-order valence-electron chi connectivity index (χ2n) is 5.06. The van der Waals surface area contributed by atoms with Crippen molar-refractivity contribution in [2.45, 2.75) is 56.4 Å². The van der Waals surface area contributed by atoms with E-state index in [1.54, 1.807) is 20.2 Å². The third-order valence-corrected chi connectivity index (χ3v) is 5.06. The van der Waals surface area contributed by atoms with Crippen molar-refractivity contribution in [1.82, 2.24) is 14.5 Å². The van der Waals surface area contributed by atoms with Crippen molar-refractivity contribution < 1.29 is 8.42 Å². The molecular formula is C12H21N3O2S. The molecule has 1 aromatic rings. The zero-order valence-corrected chi connectivity index (χ0v) is 11.8. The molecular weight excluding hydrogens is 250 g/mol. The van der Waals surface area contributed by atoms with Crippen LogP contribution in [-0.4, -0.2) is 24.2 Å². The molecule has 1 fully saturated rings. The zero-order valence-electron chi connectivity index (χ0n) is 11.0. The number of aromatic nitrogens is 2. The molecule has 1 heterocycles. The maximum Gasteiger partial charge on any atom is 0.244 e. The zero-order chi connectivity index (χ0) is 13.2. The van der Waals surface area contributed by atoms with Gasteiger partial charge in [0.15, 0.2) is 0 Å². The van der Waals surface area contributed by atoms with E-state index in [-0.39, 0.29) is 6.04 Å². The van der Waals surface area contributed by atoms with Gasteiger partial charge in [-0.2, -0.15) is 5.10 Å². The lowest BCUT2D eigenvalue weighted by molar-refractivity contribution is 0.509. The standard InChI is InChI=1S/C12H21N3O2S/c1-10-12(9-15(2)13-10)18(16,17)14-11-7-5-3-4-6-8-11/h9,11,14H,3-8H2,1-2H3. The maximum absolute atomic E-state index is 12.3. The molecule has 0 amide bonds. The first-order chi connectivity index (χ1) is 8.49. The average molecular weight is 271 g/mol. The van der Waals surface area contributed by atoms with Crippen molar-refractivity contribution in [2.75, 3.05) is 0 Å². The van der Waals surface area contributed by atoms with Gasteiger partial charge in [0.1, 0.15) is 4.90 Å². The summed E-state index contributed by atoms with van der Waals surface area (Å²) in [4.78, 5) is 0.300. The second-order valence-corrected chi connectivity index (χ2v) is 6.74. The molecule has 0 atom stereocenters. The first kappa shape index (κ1) is 13.5. The average Bonchev–Trinajstić information content (AvgIpc) is 2.51. The molecule has 0 bridgehead atoms. The van der Waals surface area contributed by atoms with E-state index in [1.807, 2.05) is 0 Å². The minimum absolute atomic E-state index is 0.0807. The van der Waals surface area contributed by atoms with Gasteiger partial charge in [-0.25, -0.2) is 13.1 Å². The van der Waals surface area contributed by atoms with Crippen LogP contribution in [-0.2, 0) is 17.1 Å². The molecule has 1 aromatic heterocycles. The summed E-state index contributed by atoms with van der Waals surface area (Å²) < 4.78 is 28.9. The van der Waals surface area contributed by atoms with Gasteiger partial charge in [0.2, 0.25) is 10.0 Å². The number of hydrogen-bond donors (Lipinski definition) is 1. The summed E-state index contributed by atoms with van der Waals surface area (Å²) in [6.45, 7) is 1.72. The van der Waals surface area contributed by atoms with E-state index in [9.17, 15) is 8.42 Å². The summed E-state index contributed by atoms with van der Waals surface area (Å²) in [5, 5.41) is 4.09. The lowest BCUT2D eigenvalue weighted by Crippen LogP contribution is -2.34. The molecule has 0 aromatic carbocycles. The molecule has 1 aliphatic rings. The summed E-state index contributed by atoms with van der Waals surface area (Å²) >= 11 is 0. The van der Waals surface area contributed by atoms with E-state index in [0.29, 0.717) is 10.6 Å². The van der Waals surface area contributed by atoms with Crippen LogP contribution in [0, 0.1) is 6.92 Å². The minimum Gasteiger partial charge on any atom is -0.274 e. The molecule has 6 heteroatoms. The Hall–Kier alpha value is -0.880. The predicted molar refractivity (Wildman–Crippen MR) is 69.8 cm³/mol. The van der Waals surface area contributed by atoms with Crippen LogP contribution >= 0.6 is 0 Å². The van der Waals surface area contributed by atoms with Crippen molar-refractivity contribution in [3.8, 4) is 0 Å². The highest BCUT2D eigenvalue weighted by atomic mass is 32.2. The smallest absolute Gasteiger partial charge is 0.244 e. The van der Waals surface area contributed by atoms with E-state index < -0.39 is 10.0 Å². The van der Waals surface area contributed by atoms with Crippen LogP contribution in [0.4, 0.5) is 0 Å². The molecule has 0 aliphatic heterocycles. The van der Waals surface area contributed by atoms with Crippen molar-refractivity contribution >= 4 is 10.0 Å². The SMILES string of the molecule is Cc1nn(C)cc1S(=O)(=O)NC1CCCCCC1. The molecule has 0 saturated heterocycles. The minimum atomic E-state index is -3.42. The van der Waals surface area contributed by atoms with Crippen molar-refractivity contribution in [3.05, 3.63) is 11.9 Å². The van der Waals surface area contributed by atoms with Crippen LogP contribution in [0.3, 0.4) is 0 Å². The third kappa shape index (κ3) is 3.11. The van der Waals surface area contributed by atoms with Gasteiger partial charge in [0.05, 0.1) is 5.69 Å². The number of aryl methyl sites for hydroxylation is 2. The fourth-order valence-electron chi connectivity index (χ4n) is 2.52. The topological polar surface area (TPSA) is 64.0 Å². The predicted octanol–water partition coefficient (Wildman–Crippen LogP) is 1.73. The summed E-state index contributed by atoms with van der Waals surface area (Å²) in [6, 6.07) is 0.0807. The van der Waals surface area contributed by atoms with E-state index in [4.69, 9.17) is 0 Å². The molecule has 5 nitrogen and oxygen atoms in total. The Bertz CT molecular complexity index is 499. The van der Waals surface area contributed by atoms with Crippen LogP contribution in [0.5, 0.6) is 0 Å². The molecule has 1 aliphatic carbocycles. The number of rotatable bonds is 3. The van der Waals surface area contributed by atoms with Crippen LogP contribution in [0.15, 0.2) is 11.1 Å². The maximum atomic E-state index is 12.3. The summed E-state index contributed by atoms with van der Waals surface area (Å²) in [5.41, 5.74) is 0.554. The Balaban J connectivity index is 2.13. The highest BCUT2D eigenvalue weighted by Gasteiger charge is 2.24. The van der Waals surface area contributed by atoms with Crippen LogP contribution < -0.4 is 4.72 Å². The van der Waals surface area contributed by atoms with Gasteiger partial charge in [0, 0.05) is 19.3 Å². The fraction of sp³-hybridized carbons (Fsp3) is 0.750. The quantitative estimate of drug-likeness (QED) is 0.852. The van der Waals surface area contributed by atoms with E-state index in [0.717, 1.165) is 25.7 Å². The molecule has 0 spiro atoms. The molecule has 0 radical (unpaired) electrons. The first-order valence-electron chi connectivity index (χ1n) is 6.51. The third-order valence-electron chi connectivity index (χ3n) is 3.43. The Morgan fingerprint density at radius 3 is 2.39 bits per heavy atom. The first-order valence-corrected chi connectivity index (χ1v) is 8.00. The number of sulfonamides is 1. The number of nitrogens with one attached hydrogen (secondary N) is 1. The lowest BCUT2D eigenvalue weighted by Gasteiger charge is -2.15. The molecule has 1 N–H and O–H groups in total. The van der Waals surface area contributed by atoms with Gasteiger partial charge in [-0.1, -0.05) is 25.7 Å². The van der Waals surface area contributed by atoms with E-state index >= 15 is 0 Å². The van der Waals surface area contributed by atoms with Crippen LogP contribution in [0.25, 0.3) is 0 Å². The normalized spacial score (nSPS) is 18.8. The van der Waals surface area contributed by atoms with E-state index in [1.165, 1.54) is 17.5 Å². The fourth-order valence-corrected chi connectivity index (χ4v) is 4.04. The van der Waals surface area contributed by atoms with Gasteiger partial charge >= 0.3 is 0 Å². The second kappa shape index (κ2) is 5.40. The Morgan fingerprint density at radius 2 is 1.89 bits per heavy atom. The molecule has 2 rings (SSSR count). The van der Waals surface area contributed by atoms with Crippen LogP contribution in [0.2, 0.25) is 0 Å². The van der Waals surface area contributed by atoms with Gasteiger partial charge in [0.25, 0.3) is 0 Å². The summed E-state index contributed by atoms with van der Waals surface area (Å²) in [7, 11) is -1.69. The Kier molecular flexibility index (Phi) is 4.07. The van der Waals surface area contributed by atoms with Crippen molar-refractivity contribution in [2.24, 2.45) is 7.05 Å². The largest absolute Gasteiger partial charge is 0.274 e. The molecule has 18 heavy (non-hydrogen) atoms. The van der Waals surface area contributed by atoms with E-state index in [2.05, 4.69) is 9.82 Å². The van der Waals surface area contributed by atoms with Gasteiger partial charge in [-0.05, 0) is 19.8 Å². The number of hydrogen-bond acceptors (Lipinski definition) is 3.